The minimum Gasteiger partial charge on any atom is -0.497 e. The van der Waals surface area contributed by atoms with Crippen LogP contribution in [0.5, 0.6) is 11.5 Å². The highest BCUT2D eigenvalue weighted by Crippen LogP contribution is 2.34. The van der Waals surface area contributed by atoms with Gasteiger partial charge in [0.05, 0.1) is 44.1 Å². The maximum absolute atomic E-state index is 13.2. The van der Waals surface area contributed by atoms with E-state index in [1.54, 1.807) is 32.2 Å². The molecule has 1 aromatic carbocycles. The second kappa shape index (κ2) is 7.96. The van der Waals surface area contributed by atoms with E-state index in [1.165, 1.54) is 13.4 Å². The number of carbonyl (C=O) groups is 1. The average Bonchev–Trinajstić information content (AvgIpc) is 3.10. The Labute approximate surface area is 167 Å². The van der Waals surface area contributed by atoms with E-state index in [2.05, 4.69) is 20.2 Å². The van der Waals surface area contributed by atoms with Gasteiger partial charge in [-0.2, -0.15) is 0 Å². The Hall–Kier alpha value is -3.33. The maximum atomic E-state index is 13.2. The zero-order valence-electron chi connectivity index (χ0n) is 16.5. The van der Waals surface area contributed by atoms with E-state index in [1.807, 2.05) is 0 Å². The minimum absolute atomic E-state index is 0.325. The summed E-state index contributed by atoms with van der Waals surface area (Å²) in [7, 11) is 3.11. The fourth-order valence-corrected chi connectivity index (χ4v) is 3.40. The molecule has 0 radical (unpaired) electrons. The van der Waals surface area contributed by atoms with Gasteiger partial charge in [-0.25, -0.2) is 9.97 Å². The number of aryl methyl sites for hydroxylation is 1. The van der Waals surface area contributed by atoms with Crippen molar-refractivity contribution in [2.24, 2.45) is 0 Å². The molecule has 0 bridgehead atoms. The van der Waals surface area contributed by atoms with E-state index >= 15 is 0 Å². The van der Waals surface area contributed by atoms with Crippen LogP contribution < -0.4 is 19.7 Å². The number of hydrogen-bond donors (Lipinski definition) is 1. The SMILES string of the molecule is COc1ccc(NC(=O)c2c(C)oc3ncnc(N4CCOCC4)c23)c(OC)c1. The van der Waals surface area contributed by atoms with Gasteiger partial charge in [0.15, 0.2) is 0 Å². The van der Waals surface area contributed by atoms with Crippen LogP contribution in [0.4, 0.5) is 11.5 Å². The molecule has 0 spiro atoms. The molecule has 1 fully saturated rings. The third kappa shape index (κ3) is 3.56. The summed E-state index contributed by atoms with van der Waals surface area (Å²) >= 11 is 0. The van der Waals surface area contributed by atoms with Crippen molar-refractivity contribution in [1.29, 1.82) is 0 Å². The van der Waals surface area contributed by atoms with Crippen molar-refractivity contribution in [3.63, 3.8) is 0 Å². The lowest BCUT2D eigenvalue weighted by atomic mass is 10.1. The largest absolute Gasteiger partial charge is 0.497 e. The maximum Gasteiger partial charge on any atom is 0.260 e. The van der Waals surface area contributed by atoms with Gasteiger partial charge in [0.1, 0.15) is 29.4 Å². The molecule has 29 heavy (non-hydrogen) atoms. The van der Waals surface area contributed by atoms with Gasteiger partial charge in [-0.15, -0.1) is 0 Å². The Balaban J connectivity index is 1.74. The van der Waals surface area contributed by atoms with Crippen molar-refractivity contribution in [2.75, 3.05) is 50.7 Å². The predicted octanol–water partition coefficient (Wildman–Crippen LogP) is 2.64. The molecule has 1 N–H and O–H groups in total. The Kier molecular flexibility index (Phi) is 5.22. The van der Waals surface area contributed by atoms with Crippen LogP contribution in [0.1, 0.15) is 16.1 Å². The van der Waals surface area contributed by atoms with Crippen LogP contribution in [0.2, 0.25) is 0 Å². The topological polar surface area (TPSA) is 99.0 Å². The summed E-state index contributed by atoms with van der Waals surface area (Å²) in [5, 5.41) is 3.49. The zero-order chi connectivity index (χ0) is 20.4. The first-order chi connectivity index (χ1) is 14.1. The molecular weight excluding hydrogens is 376 g/mol. The monoisotopic (exact) mass is 398 g/mol. The van der Waals surface area contributed by atoms with Crippen molar-refractivity contribution >= 4 is 28.5 Å². The number of hydrogen-bond acceptors (Lipinski definition) is 8. The molecule has 0 atom stereocenters. The fraction of sp³-hybridized carbons (Fsp3) is 0.350. The molecule has 1 amide bonds. The first-order valence-electron chi connectivity index (χ1n) is 9.22. The van der Waals surface area contributed by atoms with Crippen LogP contribution in [-0.4, -0.2) is 56.4 Å². The molecule has 3 aromatic rings. The molecule has 2 aromatic heterocycles. The lowest BCUT2D eigenvalue weighted by molar-refractivity contribution is 0.102. The number of nitrogens with one attached hydrogen (secondary N) is 1. The number of amides is 1. The highest BCUT2D eigenvalue weighted by molar-refractivity contribution is 6.15. The number of ether oxygens (including phenoxy) is 3. The van der Waals surface area contributed by atoms with Crippen molar-refractivity contribution in [3.8, 4) is 11.5 Å². The fourth-order valence-electron chi connectivity index (χ4n) is 3.40. The third-order valence-corrected chi connectivity index (χ3v) is 4.84. The van der Waals surface area contributed by atoms with Gasteiger partial charge in [-0.05, 0) is 19.1 Å². The Morgan fingerprint density at radius 2 is 1.97 bits per heavy atom. The number of furan rings is 1. The lowest BCUT2D eigenvalue weighted by Crippen LogP contribution is -2.37. The standard InChI is InChI=1S/C20H22N4O5/c1-12-16(19(25)23-14-5-4-13(26-2)10-15(14)27-3)17-18(21-11-22-20(17)29-12)24-6-8-28-9-7-24/h4-5,10-11H,6-9H2,1-3H3,(H,23,25). The van der Waals surface area contributed by atoms with E-state index in [-0.39, 0.29) is 5.91 Å². The number of aromatic nitrogens is 2. The number of anilines is 2. The van der Waals surface area contributed by atoms with Crippen LogP contribution in [-0.2, 0) is 4.74 Å². The molecule has 0 aliphatic carbocycles. The van der Waals surface area contributed by atoms with Crippen molar-refractivity contribution in [3.05, 3.63) is 35.9 Å². The Morgan fingerprint density at radius 1 is 1.17 bits per heavy atom. The average molecular weight is 398 g/mol. The highest BCUT2D eigenvalue weighted by Gasteiger charge is 2.26. The van der Waals surface area contributed by atoms with Crippen LogP contribution in [0.15, 0.2) is 28.9 Å². The highest BCUT2D eigenvalue weighted by atomic mass is 16.5. The van der Waals surface area contributed by atoms with Crippen LogP contribution in [0, 0.1) is 6.92 Å². The van der Waals surface area contributed by atoms with Gasteiger partial charge >= 0.3 is 0 Å². The molecule has 0 saturated carbocycles. The summed E-state index contributed by atoms with van der Waals surface area (Å²) in [4.78, 5) is 23.9. The van der Waals surface area contributed by atoms with Crippen molar-refractivity contribution in [2.45, 2.75) is 6.92 Å². The first-order valence-corrected chi connectivity index (χ1v) is 9.22. The molecule has 1 aliphatic rings. The molecular formula is C20H22N4O5. The quantitative estimate of drug-likeness (QED) is 0.700. The van der Waals surface area contributed by atoms with Crippen LogP contribution in [0.25, 0.3) is 11.1 Å². The number of nitrogens with zero attached hydrogens (tertiary/aromatic N) is 3. The molecule has 3 heterocycles. The lowest BCUT2D eigenvalue weighted by Gasteiger charge is -2.28. The molecule has 4 rings (SSSR count). The van der Waals surface area contributed by atoms with E-state index in [0.717, 1.165) is 0 Å². The minimum atomic E-state index is -0.325. The molecule has 152 valence electrons. The summed E-state index contributed by atoms with van der Waals surface area (Å²) in [6.07, 6.45) is 1.45. The van der Waals surface area contributed by atoms with Crippen molar-refractivity contribution in [1.82, 2.24) is 9.97 Å². The number of rotatable bonds is 5. The first kappa shape index (κ1) is 19.0. The van der Waals surface area contributed by atoms with E-state index in [9.17, 15) is 4.79 Å². The third-order valence-electron chi connectivity index (χ3n) is 4.84. The van der Waals surface area contributed by atoms with Crippen LogP contribution >= 0.6 is 0 Å². The smallest absolute Gasteiger partial charge is 0.260 e. The summed E-state index contributed by atoms with van der Waals surface area (Å²) in [5.74, 6) is 1.94. The Bertz CT molecular complexity index is 1040. The normalized spacial score (nSPS) is 14.1. The number of carbonyl (C=O) groups excluding carboxylic acids is 1. The van der Waals surface area contributed by atoms with E-state index in [0.29, 0.717) is 71.7 Å². The number of morpholine rings is 1. The molecule has 0 unspecified atom stereocenters. The van der Waals surface area contributed by atoms with Gasteiger partial charge in [0, 0.05) is 19.2 Å². The van der Waals surface area contributed by atoms with Gasteiger partial charge in [0.2, 0.25) is 5.71 Å². The molecule has 9 nitrogen and oxygen atoms in total. The summed E-state index contributed by atoms with van der Waals surface area (Å²) in [6.45, 7) is 4.32. The zero-order valence-corrected chi connectivity index (χ0v) is 16.5. The van der Waals surface area contributed by atoms with Gasteiger partial charge in [-0.3, -0.25) is 4.79 Å². The van der Waals surface area contributed by atoms with E-state index in [4.69, 9.17) is 18.6 Å². The predicted molar refractivity (Wildman–Crippen MR) is 107 cm³/mol. The summed E-state index contributed by atoms with van der Waals surface area (Å²) < 4.78 is 21.8. The second-order valence-electron chi connectivity index (χ2n) is 6.53. The number of benzene rings is 1. The Morgan fingerprint density at radius 3 is 2.69 bits per heavy atom. The second-order valence-corrected chi connectivity index (χ2v) is 6.53. The summed E-state index contributed by atoms with van der Waals surface area (Å²) in [5.41, 5.74) is 1.31. The van der Waals surface area contributed by atoms with E-state index < -0.39 is 0 Å². The number of methoxy groups -OCH3 is 2. The van der Waals surface area contributed by atoms with Gasteiger partial charge in [0.25, 0.3) is 5.91 Å². The number of fused-ring (bicyclic) bond motifs is 1. The van der Waals surface area contributed by atoms with Crippen LogP contribution in [0.3, 0.4) is 0 Å². The van der Waals surface area contributed by atoms with Crippen molar-refractivity contribution < 1.29 is 23.4 Å². The molecule has 1 aliphatic heterocycles. The van der Waals surface area contributed by atoms with Gasteiger partial charge < -0.3 is 28.8 Å². The molecule has 9 heteroatoms. The van der Waals surface area contributed by atoms with Gasteiger partial charge in [-0.1, -0.05) is 0 Å². The molecule has 1 saturated heterocycles. The summed E-state index contributed by atoms with van der Waals surface area (Å²) in [6, 6.07) is 5.19.